The molecule has 0 saturated heterocycles. The summed E-state index contributed by atoms with van der Waals surface area (Å²) in [5.41, 5.74) is 6.38. The highest BCUT2D eigenvalue weighted by atomic mass is 15.3. The van der Waals surface area contributed by atoms with Crippen LogP contribution in [0.15, 0.2) is 24.3 Å². The van der Waals surface area contributed by atoms with Crippen molar-refractivity contribution < 1.29 is 0 Å². The van der Waals surface area contributed by atoms with Gasteiger partial charge in [0, 0.05) is 30.4 Å². The van der Waals surface area contributed by atoms with Crippen LogP contribution in [0.4, 0.5) is 0 Å². The van der Waals surface area contributed by atoms with Crippen molar-refractivity contribution in [2.24, 2.45) is 7.05 Å². The predicted octanol–water partition coefficient (Wildman–Crippen LogP) is 4.01. The first-order valence-electron chi connectivity index (χ1n) is 7.79. The summed E-state index contributed by atoms with van der Waals surface area (Å²) in [7, 11) is 2.01. The van der Waals surface area contributed by atoms with E-state index in [2.05, 4.69) is 69.3 Å². The Balaban J connectivity index is 2.12. The molecule has 0 bridgehead atoms. The highest BCUT2D eigenvalue weighted by Crippen LogP contribution is 2.24. The molecule has 1 heterocycles. The lowest BCUT2D eigenvalue weighted by molar-refractivity contribution is 0.491. The second kappa shape index (κ2) is 6.44. The Kier molecular flexibility index (Phi) is 4.84. The van der Waals surface area contributed by atoms with Crippen molar-refractivity contribution >= 4 is 0 Å². The average molecular weight is 285 g/mol. The first-order chi connectivity index (χ1) is 9.93. The summed E-state index contributed by atoms with van der Waals surface area (Å²) in [5, 5.41) is 8.20. The van der Waals surface area contributed by atoms with Crippen molar-refractivity contribution in [1.82, 2.24) is 15.1 Å². The number of aromatic nitrogens is 2. The standard InChI is InChI=1S/C18H27N3/c1-7-16-8-10-17(11-9-16)12(2)19-13(3)18-14(4)20-21(6)15(18)5/h8-13,19H,7H2,1-6H3. The van der Waals surface area contributed by atoms with Gasteiger partial charge in [-0.3, -0.25) is 4.68 Å². The van der Waals surface area contributed by atoms with Gasteiger partial charge in [0.1, 0.15) is 0 Å². The monoisotopic (exact) mass is 285 g/mol. The highest BCUT2D eigenvalue weighted by molar-refractivity contribution is 5.29. The average Bonchev–Trinajstić information content (AvgIpc) is 2.72. The fraction of sp³-hybridized carbons (Fsp3) is 0.500. The molecule has 0 fully saturated rings. The normalized spacial score (nSPS) is 14.2. The van der Waals surface area contributed by atoms with Gasteiger partial charge in [-0.2, -0.15) is 5.10 Å². The van der Waals surface area contributed by atoms with Gasteiger partial charge >= 0.3 is 0 Å². The molecule has 1 N–H and O–H groups in total. The second-order valence-electron chi connectivity index (χ2n) is 5.91. The maximum atomic E-state index is 4.51. The van der Waals surface area contributed by atoms with Crippen LogP contribution >= 0.6 is 0 Å². The molecule has 0 saturated carbocycles. The molecule has 0 radical (unpaired) electrons. The van der Waals surface area contributed by atoms with Crippen LogP contribution in [0.5, 0.6) is 0 Å². The predicted molar refractivity (Wildman–Crippen MR) is 88.5 cm³/mol. The molecule has 2 rings (SSSR count). The molecule has 0 aliphatic rings. The molecular weight excluding hydrogens is 258 g/mol. The maximum Gasteiger partial charge on any atom is 0.0644 e. The zero-order valence-electron chi connectivity index (χ0n) is 14.1. The van der Waals surface area contributed by atoms with Gasteiger partial charge in [-0.15, -0.1) is 0 Å². The SMILES string of the molecule is CCc1ccc(C(C)NC(C)c2c(C)nn(C)c2C)cc1. The molecule has 2 unspecified atom stereocenters. The number of nitrogens with one attached hydrogen (secondary N) is 1. The zero-order valence-corrected chi connectivity index (χ0v) is 14.1. The third kappa shape index (κ3) is 3.35. The Morgan fingerprint density at radius 1 is 1.10 bits per heavy atom. The molecule has 2 atom stereocenters. The minimum absolute atomic E-state index is 0.291. The van der Waals surface area contributed by atoms with Crippen molar-refractivity contribution in [3.8, 4) is 0 Å². The molecular formula is C18H27N3. The molecule has 0 amide bonds. The number of rotatable bonds is 5. The van der Waals surface area contributed by atoms with Crippen molar-refractivity contribution in [1.29, 1.82) is 0 Å². The van der Waals surface area contributed by atoms with Gasteiger partial charge in [0.25, 0.3) is 0 Å². The molecule has 1 aromatic heterocycles. The summed E-state index contributed by atoms with van der Waals surface area (Å²) in [6.45, 7) is 10.8. The largest absolute Gasteiger partial charge is 0.304 e. The van der Waals surface area contributed by atoms with Gasteiger partial charge in [0.05, 0.1) is 5.69 Å². The number of hydrogen-bond donors (Lipinski definition) is 1. The lowest BCUT2D eigenvalue weighted by Gasteiger charge is -2.21. The van der Waals surface area contributed by atoms with Crippen LogP contribution in [0.2, 0.25) is 0 Å². The van der Waals surface area contributed by atoms with E-state index in [0.717, 1.165) is 12.1 Å². The van der Waals surface area contributed by atoms with Crippen LogP contribution in [-0.4, -0.2) is 9.78 Å². The van der Waals surface area contributed by atoms with E-state index in [9.17, 15) is 0 Å². The van der Waals surface area contributed by atoms with Gasteiger partial charge in [-0.1, -0.05) is 31.2 Å². The number of nitrogens with zero attached hydrogens (tertiary/aromatic N) is 2. The minimum atomic E-state index is 0.291. The van der Waals surface area contributed by atoms with E-state index in [1.54, 1.807) is 0 Å². The second-order valence-corrected chi connectivity index (χ2v) is 5.91. The lowest BCUT2D eigenvalue weighted by atomic mass is 10.0. The molecule has 21 heavy (non-hydrogen) atoms. The molecule has 114 valence electrons. The summed E-state index contributed by atoms with van der Waals surface area (Å²) in [5.74, 6) is 0. The molecule has 1 aromatic carbocycles. The molecule has 0 aliphatic heterocycles. The fourth-order valence-electron chi connectivity index (χ4n) is 3.01. The third-order valence-corrected chi connectivity index (χ3v) is 4.39. The first kappa shape index (κ1) is 15.8. The minimum Gasteiger partial charge on any atom is -0.304 e. The van der Waals surface area contributed by atoms with Crippen LogP contribution < -0.4 is 5.32 Å². The molecule has 2 aromatic rings. The van der Waals surface area contributed by atoms with Crippen molar-refractivity contribution in [3.05, 3.63) is 52.3 Å². The van der Waals surface area contributed by atoms with Crippen molar-refractivity contribution in [3.63, 3.8) is 0 Å². The van der Waals surface area contributed by atoms with Gasteiger partial charge in [-0.25, -0.2) is 0 Å². The first-order valence-corrected chi connectivity index (χ1v) is 7.79. The van der Waals surface area contributed by atoms with Gasteiger partial charge in [-0.05, 0) is 45.2 Å². The Bertz CT molecular complexity index is 596. The fourth-order valence-corrected chi connectivity index (χ4v) is 3.01. The van der Waals surface area contributed by atoms with E-state index in [4.69, 9.17) is 0 Å². The van der Waals surface area contributed by atoms with Crippen molar-refractivity contribution in [2.75, 3.05) is 0 Å². The third-order valence-electron chi connectivity index (χ3n) is 4.39. The quantitative estimate of drug-likeness (QED) is 0.899. The van der Waals surface area contributed by atoms with Gasteiger partial charge in [0.15, 0.2) is 0 Å². The van der Waals surface area contributed by atoms with E-state index in [1.165, 1.54) is 22.4 Å². The van der Waals surface area contributed by atoms with Crippen LogP contribution in [-0.2, 0) is 13.5 Å². The molecule has 0 spiro atoms. The number of aryl methyl sites for hydroxylation is 3. The van der Waals surface area contributed by atoms with E-state index >= 15 is 0 Å². The molecule has 3 nitrogen and oxygen atoms in total. The van der Waals surface area contributed by atoms with Gasteiger partial charge in [0.2, 0.25) is 0 Å². The summed E-state index contributed by atoms with van der Waals surface area (Å²) in [4.78, 5) is 0. The van der Waals surface area contributed by atoms with Crippen LogP contribution in [0.3, 0.4) is 0 Å². The highest BCUT2D eigenvalue weighted by Gasteiger charge is 2.18. The van der Waals surface area contributed by atoms with E-state index in [0.29, 0.717) is 12.1 Å². The van der Waals surface area contributed by atoms with Crippen LogP contribution in [0.1, 0.15) is 60.9 Å². The van der Waals surface area contributed by atoms with E-state index in [1.807, 2.05) is 11.7 Å². The lowest BCUT2D eigenvalue weighted by Crippen LogP contribution is -2.23. The smallest absolute Gasteiger partial charge is 0.0644 e. The van der Waals surface area contributed by atoms with Gasteiger partial charge < -0.3 is 5.32 Å². The Hall–Kier alpha value is -1.61. The summed E-state index contributed by atoms with van der Waals surface area (Å²) in [6.07, 6.45) is 1.09. The summed E-state index contributed by atoms with van der Waals surface area (Å²) >= 11 is 0. The number of hydrogen-bond acceptors (Lipinski definition) is 2. The number of benzene rings is 1. The van der Waals surface area contributed by atoms with Crippen LogP contribution in [0.25, 0.3) is 0 Å². The summed E-state index contributed by atoms with van der Waals surface area (Å²) in [6, 6.07) is 9.51. The van der Waals surface area contributed by atoms with E-state index in [-0.39, 0.29) is 0 Å². The zero-order chi connectivity index (χ0) is 15.6. The van der Waals surface area contributed by atoms with Crippen LogP contribution in [0, 0.1) is 13.8 Å². The Morgan fingerprint density at radius 3 is 2.19 bits per heavy atom. The molecule has 3 heteroatoms. The topological polar surface area (TPSA) is 29.9 Å². The summed E-state index contributed by atoms with van der Waals surface area (Å²) < 4.78 is 1.96. The molecule has 0 aliphatic carbocycles. The Labute approximate surface area is 128 Å². The van der Waals surface area contributed by atoms with Crippen molar-refractivity contribution in [2.45, 2.75) is 53.1 Å². The Morgan fingerprint density at radius 2 is 1.71 bits per heavy atom. The van der Waals surface area contributed by atoms with E-state index < -0.39 is 0 Å². The maximum absolute atomic E-state index is 4.51.